The number of hydrogen-bond donors (Lipinski definition) is 1. The van der Waals surface area contributed by atoms with Crippen LogP contribution in [0.1, 0.15) is 18.1 Å². The van der Waals surface area contributed by atoms with Crippen LogP contribution in [0.4, 0.5) is 5.69 Å². The summed E-state index contributed by atoms with van der Waals surface area (Å²) in [6.45, 7) is 2.30. The van der Waals surface area contributed by atoms with Crippen LogP contribution in [-0.2, 0) is 9.47 Å². The highest BCUT2D eigenvalue weighted by Crippen LogP contribution is 2.29. The van der Waals surface area contributed by atoms with Gasteiger partial charge in [0.25, 0.3) is 0 Å². The zero-order valence-corrected chi connectivity index (χ0v) is 16.9. The number of nitrogens with zero attached hydrogens (tertiary/aromatic N) is 2. The second kappa shape index (κ2) is 8.85. The second-order valence-electron chi connectivity index (χ2n) is 6.12. The summed E-state index contributed by atoms with van der Waals surface area (Å²) < 4.78 is 10.6. The van der Waals surface area contributed by atoms with Crippen molar-refractivity contribution >= 4 is 40.4 Å². The molecule has 3 rings (SSSR count). The number of benzodiazepines with no additional fused rings is 1. The number of ether oxygens (including phenoxy) is 2. The lowest BCUT2D eigenvalue weighted by molar-refractivity contribution is -0.112. The van der Waals surface area contributed by atoms with Crippen LogP contribution in [0.25, 0.3) is 0 Å². The quantitative estimate of drug-likeness (QED) is 0.735. The van der Waals surface area contributed by atoms with Crippen molar-refractivity contribution in [1.29, 1.82) is 0 Å². The lowest BCUT2D eigenvalue weighted by atomic mass is 10.0. The normalized spacial score (nSPS) is 16.5. The van der Waals surface area contributed by atoms with E-state index in [0.717, 1.165) is 22.5 Å². The number of rotatable bonds is 5. The van der Waals surface area contributed by atoms with Crippen LogP contribution in [-0.4, -0.2) is 44.6 Å². The number of halogens is 2. The van der Waals surface area contributed by atoms with E-state index in [-0.39, 0.29) is 6.04 Å². The molecule has 5 nitrogen and oxygen atoms in total. The van der Waals surface area contributed by atoms with E-state index in [1.165, 1.54) is 0 Å². The Hall–Kier alpha value is -1.92. The fourth-order valence-corrected chi connectivity index (χ4v) is 3.41. The summed E-state index contributed by atoms with van der Waals surface area (Å²) >= 11 is 12.7. The van der Waals surface area contributed by atoms with Gasteiger partial charge in [-0.2, -0.15) is 0 Å². The van der Waals surface area contributed by atoms with E-state index in [9.17, 15) is 0 Å². The number of nitrogens with one attached hydrogen (secondary N) is 1. The lowest BCUT2D eigenvalue weighted by Crippen LogP contribution is -2.28. The maximum atomic E-state index is 6.42. The fraction of sp³-hybridized carbons (Fsp3) is 0.300. The molecule has 0 radical (unpaired) electrons. The van der Waals surface area contributed by atoms with Gasteiger partial charge in [0, 0.05) is 41.1 Å². The molecule has 7 heteroatoms. The molecule has 1 aliphatic heterocycles. The molecule has 27 heavy (non-hydrogen) atoms. The van der Waals surface area contributed by atoms with Gasteiger partial charge in [-0.25, -0.2) is 0 Å². The van der Waals surface area contributed by atoms with Crippen LogP contribution in [0.2, 0.25) is 10.0 Å². The van der Waals surface area contributed by atoms with E-state index < -0.39 is 6.29 Å². The predicted molar refractivity (Wildman–Crippen MR) is 112 cm³/mol. The summed E-state index contributed by atoms with van der Waals surface area (Å²) in [5, 5.41) is 4.62. The molecule has 2 aromatic carbocycles. The van der Waals surface area contributed by atoms with Crippen molar-refractivity contribution in [1.82, 2.24) is 0 Å². The molecule has 0 aromatic heterocycles. The number of benzene rings is 2. The molecule has 0 aliphatic carbocycles. The molecule has 0 fully saturated rings. The molecular weight excluding hydrogens is 385 g/mol. The third-order valence-electron chi connectivity index (χ3n) is 4.25. The third-order valence-corrected chi connectivity index (χ3v) is 4.81. The number of amidine groups is 1. The van der Waals surface area contributed by atoms with E-state index in [1.54, 1.807) is 14.2 Å². The van der Waals surface area contributed by atoms with Crippen molar-refractivity contribution in [2.45, 2.75) is 19.3 Å². The summed E-state index contributed by atoms with van der Waals surface area (Å²) in [5.74, 6) is 0.715. The van der Waals surface area contributed by atoms with E-state index >= 15 is 0 Å². The number of anilines is 1. The average molecular weight is 406 g/mol. The first-order valence-corrected chi connectivity index (χ1v) is 9.27. The number of methoxy groups -OCH3 is 2. The first-order chi connectivity index (χ1) is 13.0. The summed E-state index contributed by atoms with van der Waals surface area (Å²) in [6, 6.07) is 13.1. The average Bonchev–Trinajstić information content (AvgIpc) is 2.82. The maximum Gasteiger partial charge on any atom is 0.178 e. The fourth-order valence-electron chi connectivity index (χ4n) is 3.01. The zero-order valence-electron chi connectivity index (χ0n) is 15.4. The van der Waals surface area contributed by atoms with Gasteiger partial charge < -0.3 is 14.8 Å². The zero-order chi connectivity index (χ0) is 19.4. The van der Waals surface area contributed by atoms with Crippen molar-refractivity contribution in [2.75, 3.05) is 26.1 Å². The highest BCUT2D eigenvalue weighted by atomic mass is 35.5. The van der Waals surface area contributed by atoms with Gasteiger partial charge in [-0.15, -0.1) is 0 Å². The van der Waals surface area contributed by atoms with E-state index in [1.807, 2.05) is 49.4 Å². The molecule has 1 atom stereocenters. The standard InChI is InChI=1S/C20H21Cl2N3O2/c1-12(20(26-2)27-3)24-18-11-23-19(14-6-4-5-7-16(14)22)15-10-13(21)8-9-17(15)25-18/h4-10,12,20H,11H2,1-3H3,(H,24,25)/t12-/m1/s1. The summed E-state index contributed by atoms with van der Waals surface area (Å²) in [4.78, 5) is 9.47. The minimum atomic E-state index is -0.431. The summed E-state index contributed by atoms with van der Waals surface area (Å²) in [7, 11) is 3.19. The maximum absolute atomic E-state index is 6.42. The molecule has 0 amide bonds. The van der Waals surface area contributed by atoms with Crippen molar-refractivity contribution in [3.05, 3.63) is 63.6 Å². The Morgan fingerprint density at radius 3 is 2.52 bits per heavy atom. The van der Waals surface area contributed by atoms with E-state index in [4.69, 9.17) is 42.7 Å². The molecule has 0 spiro atoms. The Morgan fingerprint density at radius 2 is 1.81 bits per heavy atom. The van der Waals surface area contributed by atoms with Gasteiger partial charge in [0.15, 0.2) is 6.29 Å². The van der Waals surface area contributed by atoms with Gasteiger partial charge >= 0.3 is 0 Å². The molecule has 0 saturated carbocycles. The second-order valence-corrected chi connectivity index (χ2v) is 6.96. The van der Waals surface area contributed by atoms with Crippen molar-refractivity contribution < 1.29 is 9.47 Å². The highest BCUT2D eigenvalue weighted by Gasteiger charge is 2.21. The van der Waals surface area contributed by atoms with Gasteiger partial charge in [0.2, 0.25) is 0 Å². The largest absolute Gasteiger partial charge is 0.354 e. The SMILES string of the molecule is COC(OC)[C@@H](C)N=C1CN=C(c2ccccc2Cl)c2cc(Cl)ccc2N1. The summed E-state index contributed by atoms with van der Waals surface area (Å²) in [6.07, 6.45) is -0.431. The van der Waals surface area contributed by atoms with Crippen LogP contribution in [0.5, 0.6) is 0 Å². The highest BCUT2D eigenvalue weighted by molar-refractivity contribution is 6.36. The molecule has 0 unspecified atom stereocenters. The molecular formula is C20H21Cl2N3O2. The molecule has 0 bridgehead atoms. The van der Waals surface area contributed by atoms with Crippen molar-refractivity contribution in [3.63, 3.8) is 0 Å². The Morgan fingerprint density at radius 1 is 1.07 bits per heavy atom. The van der Waals surface area contributed by atoms with Gasteiger partial charge in [0.05, 0.1) is 12.3 Å². The van der Waals surface area contributed by atoms with Crippen molar-refractivity contribution in [3.8, 4) is 0 Å². The van der Waals surface area contributed by atoms with Gasteiger partial charge in [-0.3, -0.25) is 9.98 Å². The monoisotopic (exact) mass is 405 g/mol. The van der Waals surface area contributed by atoms with E-state index in [2.05, 4.69) is 5.32 Å². The Labute approximate surface area is 169 Å². The Kier molecular flexibility index (Phi) is 6.50. The smallest absolute Gasteiger partial charge is 0.178 e. The van der Waals surface area contributed by atoms with Crippen LogP contribution >= 0.6 is 23.2 Å². The van der Waals surface area contributed by atoms with Crippen LogP contribution in [0.3, 0.4) is 0 Å². The Bertz CT molecular complexity index is 879. The first-order valence-electron chi connectivity index (χ1n) is 8.52. The molecule has 1 aliphatic rings. The topological polar surface area (TPSA) is 55.2 Å². The molecule has 1 N–H and O–H groups in total. The third kappa shape index (κ3) is 4.50. The number of aliphatic imine (C=N–C) groups is 2. The van der Waals surface area contributed by atoms with Gasteiger partial charge in [-0.1, -0.05) is 41.4 Å². The molecule has 2 aromatic rings. The van der Waals surface area contributed by atoms with Crippen LogP contribution < -0.4 is 5.32 Å². The minimum Gasteiger partial charge on any atom is -0.354 e. The number of hydrogen-bond acceptors (Lipinski definition) is 4. The minimum absolute atomic E-state index is 0.199. The van der Waals surface area contributed by atoms with Gasteiger partial charge in [0.1, 0.15) is 11.9 Å². The van der Waals surface area contributed by atoms with Crippen LogP contribution in [0.15, 0.2) is 52.4 Å². The first kappa shape index (κ1) is 19.8. The Balaban J connectivity index is 2.05. The summed E-state index contributed by atoms with van der Waals surface area (Å²) in [5.41, 5.74) is 3.38. The molecule has 1 heterocycles. The van der Waals surface area contributed by atoms with Crippen molar-refractivity contribution in [2.24, 2.45) is 9.98 Å². The van der Waals surface area contributed by atoms with E-state index in [0.29, 0.717) is 22.4 Å². The van der Waals surface area contributed by atoms with Gasteiger partial charge in [-0.05, 0) is 31.2 Å². The lowest BCUT2D eigenvalue weighted by Gasteiger charge is -2.19. The molecule has 0 saturated heterocycles. The molecule has 142 valence electrons. The predicted octanol–water partition coefficient (Wildman–Crippen LogP) is 4.66. The number of fused-ring (bicyclic) bond motifs is 1. The van der Waals surface area contributed by atoms with Crippen LogP contribution in [0, 0.1) is 0 Å².